The molecule has 0 N–H and O–H groups in total. The first-order valence-electron chi connectivity index (χ1n) is 8.78. The van der Waals surface area contributed by atoms with Gasteiger partial charge in [-0.25, -0.2) is 18.7 Å². The third-order valence-corrected chi connectivity index (χ3v) is 4.94. The molecule has 1 atom stereocenters. The molecule has 1 aliphatic rings. The summed E-state index contributed by atoms with van der Waals surface area (Å²) in [6.45, 7) is 0.631. The fourth-order valence-corrected chi connectivity index (χ4v) is 3.51. The van der Waals surface area contributed by atoms with Crippen LogP contribution in [0.2, 0.25) is 0 Å². The van der Waals surface area contributed by atoms with E-state index in [2.05, 4.69) is 9.97 Å². The normalized spacial score (nSPS) is 16.6. The Kier molecular flexibility index (Phi) is 4.54. The van der Waals surface area contributed by atoms with E-state index in [4.69, 9.17) is 4.74 Å². The lowest BCUT2D eigenvalue weighted by Crippen LogP contribution is -2.24. The number of benzene rings is 1. The summed E-state index contributed by atoms with van der Waals surface area (Å²) in [5, 5.41) is 0. The third kappa shape index (κ3) is 2.90. The molecular weight excluding hydrogens is 366 g/mol. The summed E-state index contributed by atoms with van der Waals surface area (Å²) in [5.41, 5.74) is 2.01. The van der Waals surface area contributed by atoms with Gasteiger partial charge >= 0.3 is 0 Å². The number of likely N-dealkylation sites (tertiary alicyclic amines) is 1. The molecule has 3 aromatic rings. The second-order valence-electron chi connectivity index (χ2n) is 6.60. The van der Waals surface area contributed by atoms with E-state index in [0.717, 1.165) is 12.1 Å². The van der Waals surface area contributed by atoms with Gasteiger partial charge in [0.25, 0.3) is 0 Å². The number of nitrogens with zero attached hydrogens (tertiary/aromatic N) is 4. The van der Waals surface area contributed by atoms with Crippen molar-refractivity contribution in [2.24, 2.45) is 0 Å². The van der Waals surface area contributed by atoms with E-state index in [-0.39, 0.29) is 5.91 Å². The highest BCUT2D eigenvalue weighted by molar-refractivity contribution is 5.86. The lowest BCUT2D eigenvalue weighted by Gasteiger charge is -2.17. The molecule has 0 saturated carbocycles. The number of hydrogen-bond acceptors (Lipinski definition) is 4. The lowest BCUT2D eigenvalue weighted by molar-refractivity contribution is -0.129. The van der Waals surface area contributed by atoms with Gasteiger partial charge < -0.3 is 14.2 Å². The smallest absolute Gasteiger partial charge is 0.245 e. The Morgan fingerprint density at radius 2 is 2.00 bits per heavy atom. The Labute approximate surface area is 160 Å². The van der Waals surface area contributed by atoms with Gasteiger partial charge in [-0.05, 0) is 36.8 Å². The van der Waals surface area contributed by atoms with Gasteiger partial charge in [0.1, 0.15) is 6.04 Å². The van der Waals surface area contributed by atoms with E-state index in [1.807, 2.05) is 0 Å². The van der Waals surface area contributed by atoms with Crippen molar-refractivity contribution < 1.29 is 18.3 Å². The summed E-state index contributed by atoms with van der Waals surface area (Å²) < 4.78 is 34.4. The zero-order valence-corrected chi connectivity index (χ0v) is 15.4. The van der Waals surface area contributed by atoms with Gasteiger partial charge in [-0.2, -0.15) is 0 Å². The average molecular weight is 384 g/mol. The molecule has 1 unspecified atom stereocenters. The number of carbonyl (C=O) groups excluding carboxylic acids is 1. The molecule has 0 spiro atoms. The van der Waals surface area contributed by atoms with Crippen molar-refractivity contribution in [1.82, 2.24) is 19.4 Å². The van der Waals surface area contributed by atoms with Gasteiger partial charge in [0.15, 0.2) is 11.6 Å². The van der Waals surface area contributed by atoms with Crippen molar-refractivity contribution in [3.05, 3.63) is 54.5 Å². The number of amides is 1. The monoisotopic (exact) mass is 384 g/mol. The fourth-order valence-electron chi connectivity index (χ4n) is 3.51. The average Bonchev–Trinajstić information content (AvgIpc) is 3.27. The second-order valence-corrected chi connectivity index (χ2v) is 6.60. The van der Waals surface area contributed by atoms with Crippen LogP contribution in [0.25, 0.3) is 22.5 Å². The Hall–Kier alpha value is -3.29. The van der Waals surface area contributed by atoms with Crippen LogP contribution in [0.5, 0.6) is 5.88 Å². The molecule has 1 fully saturated rings. The van der Waals surface area contributed by atoms with E-state index in [1.165, 1.54) is 13.2 Å². The number of carbonyl (C=O) groups is 1. The van der Waals surface area contributed by atoms with Crippen molar-refractivity contribution in [2.45, 2.75) is 12.5 Å². The summed E-state index contributed by atoms with van der Waals surface area (Å²) in [6, 6.07) is 6.72. The summed E-state index contributed by atoms with van der Waals surface area (Å²) in [5.74, 6) is -1.57. The summed E-state index contributed by atoms with van der Waals surface area (Å²) in [4.78, 5) is 22.9. The molecule has 1 saturated heterocycles. The van der Waals surface area contributed by atoms with E-state index < -0.39 is 17.7 Å². The summed E-state index contributed by atoms with van der Waals surface area (Å²) >= 11 is 0. The van der Waals surface area contributed by atoms with Crippen LogP contribution in [-0.4, -0.2) is 46.0 Å². The summed E-state index contributed by atoms with van der Waals surface area (Å²) in [6.07, 6.45) is 3.77. The van der Waals surface area contributed by atoms with Crippen LogP contribution in [0.3, 0.4) is 0 Å². The molecule has 1 amide bonds. The minimum Gasteiger partial charge on any atom is -0.481 e. The predicted molar refractivity (Wildman–Crippen MR) is 98.7 cm³/mol. The highest BCUT2D eigenvalue weighted by atomic mass is 19.2. The number of rotatable bonds is 4. The molecule has 0 radical (unpaired) electrons. The molecule has 28 heavy (non-hydrogen) atoms. The quantitative estimate of drug-likeness (QED) is 0.693. The minimum atomic E-state index is -0.965. The van der Waals surface area contributed by atoms with Crippen LogP contribution in [0.4, 0.5) is 8.78 Å². The number of ether oxygens (including phenoxy) is 1. The highest BCUT2D eigenvalue weighted by Crippen LogP contribution is 2.39. The Bertz CT molecular complexity index is 1050. The van der Waals surface area contributed by atoms with E-state index in [0.29, 0.717) is 41.4 Å². The van der Waals surface area contributed by atoms with Crippen LogP contribution < -0.4 is 4.74 Å². The van der Waals surface area contributed by atoms with Gasteiger partial charge in [0.2, 0.25) is 11.8 Å². The number of likely N-dealkylation sites (N-methyl/N-ethyl adjacent to an activating group) is 1. The number of pyridine rings is 1. The largest absolute Gasteiger partial charge is 0.481 e. The number of hydrogen-bond donors (Lipinski definition) is 0. The zero-order valence-electron chi connectivity index (χ0n) is 15.4. The lowest BCUT2D eigenvalue weighted by atomic mass is 10.0. The number of imidazole rings is 1. The first-order chi connectivity index (χ1) is 13.5. The highest BCUT2D eigenvalue weighted by Gasteiger charge is 2.34. The second kappa shape index (κ2) is 7.03. The first-order valence-corrected chi connectivity index (χ1v) is 8.78. The van der Waals surface area contributed by atoms with E-state index >= 15 is 0 Å². The maximum absolute atomic E-state index is 13.9. The first kappa shape index (κ1) is 18.1. The van der Waals surface area contributed by atoms with E-state index in [9.17, 15) is 13.6 Å². The zero-order chi connectivity index (χ0) is 19.8. The molecule has 144 valence electrons. The predicted octanol–water partition coefficient (Wildman–Crippen LogP) is 3.30. The molecule has 4 rings (SSSR count). The van der Waals surface area contributed by atoms with Gasteiger partial charge in [-0.1, -0.05) is 0 Å². The van der Waals surface area contributed by atoms with Crippen molar-refractivity contribution in [2.75, 3.05) is 20.7 Å². The van der Waals surface area contributed by atoms with Gasteiger partial charge in [-0.3, -0.25) is 4.79 Å². The van der Waals surface area contributed by atoms with Crippen molar-refractivity contribution >= 4 is 5.91 Å². The molecule has 0 bridgehead atoms. The molecule has 8 heteroatoms. The van der Waals surface area contributed by atoms with E-state index in [1.54, 1.807) is 41.2 Å². The molecule has 3 heterocycles. The van der Waals surface area contributed by atoms with Crippen LogP contribution in [0, 0.1) is 11.6 Å². The summed E-state index contributed by atoms with van der Waals surface area (Å²) in [7, 11) is 3.25. The maximum atomic E-state index is 13.9. The molecule has 1 aromatic carbocycles. The van der Waals surface area contributed by atoms with Crippen molar-refractivity contribution in [3.8, 4) is 28.4 Å². The van der Waals surface area contributed by atoms with Gasteiger partial charge in [0, 0.05) is 25.4 Å². The SMILES string of the molecule is COc1ncccc1-c1c(-c2ccc(F)c(F)c2)ncn1C1CCN(C)C1=O. The number of halogens is 2. The maximum Gasteiger partial charge on any atom is 0.245 e. The molecule has 2 aromatic heterocycles. The number of aromatic nitrogens is 3. The topological polar surface area (TPSA) is 60.3 Å². The fraction of sp³-hybridized carbons (Fsp3) is 0.250. The Morgan fingerprint density at radius 3 is 2.68 bits per heavy atom. The van der Waals surface area contributed by atoms with Crippen LogP contribution in [0.1, 0.15) is 12.5 Å². The molecular formula is C20H18F2N4O2. The molecule has 6 nitrogen and oxygen atoms in total. The Morgan fingerprint density at radius 1 is 1.18 bits per heavy atom. The van der Waals surface area contributed by atoms with Crippen LogP contribution >= 0.6 is 0 Å². The number of methoxy groups -OCH3 is 1. The van der Waals surface area contributed by atoms with Crippen molar-refractivity contribution in [3.63, 3.8) is 0 Å². The van der Waals surface area contributed by atoms with Crippen LogP contribution in [-0.2, 0) is 4.79 Å². The molecule has 0 aliphatic carbocycles. The van der Waals surface area contributed by atoms with Gasteiger partial charge in [0.05, 0.1) is 30.4 Å². The van der Waals surface area contributed by atoms with Gasteiger partial charge in [-0.15, -0.1) is 0 Å². The van der Waals surface area contributed by atoms with Crippen LogP contribution in [0.15, 0.2) is 42.9 Å². The minimum absolute atomic E-state index is 0.0293. The Balaban J connectivity index is 1.95. The standard InChI is InChI=1S/C20H18F2N4O2/c1-25-9-7-16(20(25)27)26-11-24-17(12-5-6-14(21)15(22)10-12)18(26)13-4-3-8-23-19(13)28-2/h3-6,8,10-11,16H,7,9H2,1-2H3. The third-order valence-electron chi connectivity index (χ3n) is 4.94. The van der Waals surface area contributed by atoms with Crippen molar-refractivity contribution in [1.29, 1.82) is 0 Å². The molecule has 1 aliphatic heterocycles.